The lowest BCUT2D eigenvalue weighted by Gasteiger charge is -2.14. The van der Waals surface area contributed by atoms with Gasteiger partial charge in [0, 0.05) is 22.8 Å². The van der Waals surface area contributed by atoms with Gasteiger partial charge in [-0.05, 0) is 80.4 Å². The highest BCUT2D eigenvalue weighted by molar-refractivity contribution is 6.09. The SMILES string of the molecule is COC(=O)c1ccc(-n2c(C)cc(/C=C(/C#N)C(=O)Nc3cccc(C(F)(F)F)c3)c2C)c(C)c1. The summed E-state index contributed by atoms with van der Waals surface area (Å²) in [6.07, 6.45) is -3.17. The second kappa shape index (κ2) is 9.89. The molecule has 1 heterocycles. The lowest BCUT2D eigenvalue weighted by Crippen LogP contribution is -2.14. The molecule has 0 fully saturated rings. The molecular weight excluding hydrogens is 459 g/mol. The first kappa shape index (κ1) is 25.3. The lowest BCUT2D eigenvalue weighted by atomic mass is 10.1. The van der Waals surface area contributed by atoms with Gasteiger partial charge in [0.15, 0.2) is 0 Å². The molecule has 0 aliphatic carbocycles. The van der Waals surface area contributed by atoms with Crippen molar-refractivity contribution in [1.82, 2.24) is 4.57 Å². The zero-order valence-electron chi connectivity index (χ0n) is 19.4. The van der Waals surface area contributed by atoms with E-state index in [2.05, 4.69) is 5.32 Å². The van der Waals surface area contributed by atoms with Crippen LogP contribution in [0.25, 0.3) is 11.8 Å². The fourth-order valence-electron chi connectivity index (χ4n) is 3.73. The number of methoxy groups -OCH3 is 1. The number of anilines is 1. The molecule has 2 aromatic carbocycles. The Morgan fingerprint density at radius 3 is 2.40 bits per heavy atom. The minimum Gasteiger partial charge on any atom is -0.465 e. The number of amides is 1. The Kier molecular flexibility index (Phi) is 7.15. The highest BCUT2D eigenvalue weighted by Gasteiger charge is 2.30. The molecule has 3 rings (SSSR count). The maximum absolute atomic E-state index is 12.9. The first-order valence-electron chi connectivity index (χ1n) is 10.4. The van der Waals surface area contributed by atoms with Gasteiger partial charge in [-0.2, -0.15) is 18.4 Å². The lowest BCUT2D eigenvalue weighted by molar-refractivity contribution is -0.137. The maximum atomic E-state index is 12.9. The van der Waals surface area contributed by atoms with Gasteiger partial charge < -0.3 is 14.6 Å². The van der Waals surface area contributed by atoms with Crippen LogP contribution in [0.3, 0.4) is 0 Å². The van der Waals surface area contributed by atoms with Crippen molar-refractivity contribution in [3.63, 3.8) is 0 Å². The van der Waals surface area contributed by atoms with Crippen LogP contribution in [0, 0.1) is 32.1 Å². The van der Waals surface area contributed by atoms with Crippen LogP contribution in [0.15, 0.2) is 54.1 Å². The summed E-state index contributed by atoms with van der Waals surface area (Å²) in [7, 11) is 1.31. The van der Waals surface area contributed by atoms with E-state index in [0.717, 1.165) is 34.8 Å². The van der Waals surface area contributed by atoms with Gasteiger partial charge in [0.2, 0.25) is 0 Å². The third kappa shape index (κ3) is 5.44. The molecule has 1 aromatic heterocycles. The standard InChI is InChI=1S/C26H22F3N3O3/c1-15-10-18(25(34)35-4)8-9-23(15)32-16(2)11-19(17(32)3)12-20(14-30)24(33)31-22-7-5-6-21(13-22)26(27,28)29/h5-13H,1-4H3,(H,31,33)/b20-12-. The minimum atomic E-state index is -4.56. The number of hydrogen-bond donors (Lipinski definition) is 1. The van der Waals surface area contributed by atoms with Gasteiger partial charge >= 0.3 is 12.1 Å². The van der Waals surface area contributed by atoms with Gasteiger partial charge in [-0.25, -0.2) is 4.79 Å². The number of halogens is 3. The van der Waals surface area contributed by atoms with Crippen LogP contribution in [-0.4, -0.2) is 23.6 Å². The number of carbonyl (C=O) groups is 2. The Morgan fingerprint density at radius 1 is 1.09 bits per heavy atom. The summed E-state index contributed by atoms with van der Waals surface area (Å²) in [5.41, 5.74) is 2.93. The van der Waals surface area contributed by atoms with Crippen LogP contribution in [0.5, 0.6) is 0 Å². The van der Waals surface area contributed by atoms with Crippen molar-refractivity contribution < 1.29 is 27.5 Å². The average molecular weight is 481 g/mol. The summed E-state index contributed by atoms with van der Waals surface area (Å²) in [4.78, 5) is 24.4. The molecule has 0 spiro atoms. The molecule has 1 N–H and O–H groups in total. The Morgan fingerprint density at radius 2 is 1.80 bits per heavy atom. The molecule has 0 saturated heterocycles. The number of rotatable bonds is 5. The van der Waals surface area contributed by atoms with Crippen LogP contribution in [0.1, 0.15) is 38.4 Å². The van der Waals surface area contributed by atoms with Crippen molar-refractivity contribution in [1.29, 1.82) is 5.26 Å². The van der Waals surface area contributed by atoms with E-state index in [1.54, 1.807) is 24.3 Å². The first-order valence-corrected chi connectivity index (χ1v) is 10.4. The summed E-state index contributed by atoms with van der Waals surface area (Å²) in [6, 6.07) is 12.9. The number of nitrogens with one attached hydrogen (secondary N) is 1. The van der Waals surface area contributed by atoms with Gasteiger partial charge in [-0.15, -0.1) is 0 Å². The highest BCUT2D eigenvalue weighted by atomic mass is 19.4. The number of nitrogens with zero attached hydrogens (tertiary/aromatic N) is 2. The van der Waals surface area contributed by atoms with Gasteiger partial charge in [0.1, 0.15) is 11.6 Å². The number of hydrogen-bond acceptors (Lipinski definition) is 4. The van der Waals surface area contributed by atoms with Crippen LogP contribution in [0.2, 0.25) is 0 Å². The van der Waals surface area contributed by atoms with Crippen molar-refractivity contribution in [3.05, 3.63) is 87.7 Å². The molecule has 0 aliphatic rings. The topological polar surface area (TPSA) is 84.1 Å². The van der Waals surface area contributed by atoms with Crippen molar-refractivity contribution in [2.24, 2.45) is 0 Å². The predicted octanol–water partition coefficient (Wildman–Crippen LogP) is 5.75. The van der Waals surface area contributed by atoms with Crippen LogP contribution in [-0.2, 0) is 15.7 Å². The third-order valence-corrected chi connectivity index (χ3v) is 5.44. The molecule has 6 nitrogen and oxygen atoms in total. The van der Waals surface area contributed by atoms with Gasteiger partial charge in [-0.1, -0.05) is 6.07 Å². The largest absolute Gasteiger partial charge is 0.465 e. The Balaban J connectivity index is 1.93. The molecule has 0 atom stereocenters. The predicted molar refractivity (Wildman–Crippen MR) is 125 cm³/mol. The molecule has 3 aromatic rings. The quantitative estimate of drug-likeness (QED) is 0.286. The summed E-state index contributed by atoms with van der Waals surface area (Å²) in [5.74, 6) is -1.27. The van der Waals surface area contributed by atoms with Crippen LogP contribution in [0.4, 0.5) is 18.9 Å². The fourth-order valence-corrected chi connectivity index (χ4v) is 3.73. The number of aromatic nitrogens is 1. The number of esters is 1. The summed E-state index contributed by atoms with van der Waals surface area (Å²) in [5, 5.41) is 11.9. The van der Waals surface area contributed by atoms with E-state index in [1.807, 2.05) is 31.4 Å². The first-order chi connectivity index (χ1) is 16.5. The van der Waals surface area contributed by atoms with E-state index in [0.29, 0.717) is 11.1 Å². The smallest absolute Gasteiger partial charge is 0.416 e. The van der Waals surface area contributed by atoms with Crippen molar-refractivity contribution in [2.75, 3.05) is 12.4 Å². The number of aryl methyl sites for hydroxylation is 2. The van der Waals surface area contributed by atoms with E-state index in [9.17, 15) is 28.0 Å². The molecule has 35 heavy (non-hydrogen) atoms. The molecule has 1 amide bonds. The molecule has 0 unspecified atom stereocenters. The number of benzene rings is 2. The zero-order chi connectivity index (χ0) is 25.9. The van der Waals surface area contributed by atoms with E-state index in [4.69, 9.17) is 4.74 Å². The molecular formula is C26H22F3N3O3. The number of alkyl halides is 3. The summed E-state index contributed by atoms with van der Waals surface area (Å²) >= 11 is 0. The Bertz CT molecular complexity index is 1380. The third-order valence-electron chi connectivity index (χ3n) is 5.44. The van der Waals surface area contributed by atoms with Gasteiger partial charge in [0.05, 0.1) is 18.2 Å². The average Bonchev–Trinajstić information content (AvgIpc) is 3.08. The second-order valence-electron chi connectivity index (χ2n) is 7.86. The minimum absolute atomic E-state index is 0.0715. The molecule has 0 bridgehead atoms. The number of nitriles is 1. The van der Waals surface area contributed by atoms with Crippen molar-refractivity contribution >= 4 is 23.6 Å². The molecule has 9 heteroatoms. The Hall–Kier alpha value is -4.32. The van der Waals surface area contributed by atoms with E-state index >= 15 is 0 Å². The molecule has 0 radical (unpaired) electrons. The molecule has 180 valence electrons. The van der Waals surface area contributed by atoms with Gasteiger partial charge in [-0.3, -0.25) is 4.79 Å². The maximum Gasteiger partial charge on any atom is 0.416 e. The van der Waals surface area contributed by atoms with E-state index in [1.165, 1.54) is 25.3 Å². The van der Waals surface area contributed by atoms with Crippen LogP contribution >= 0.6 is 0 Å². The highest BCUT2D eigenvalue weighted by Crippen LogP contribution is 2.31. The second-order valence-corrected chi connectivity index (χ2v) is 7.86. The van der Waals surface area contributed by atoms with Crippen molar-refractivity contribution in [2.45, 2.75) is 26.9 Å². The summed E-state index contributed by atoms with van der Waals surface area (Å²) in [6.45, 7) is 5.51. The number of carbonyl (C=O) groups excluding carboxylic acids is 2. The van der Waals surface area contributed by atoms with Gasteiger partial charge in [0.25, 0.3) is 5.91 Å². The molecule has 0 aliphatic heterocycles. The monoisotopic (exact) mass is 481 g/mol. The number of ether oxygens (including phenoxy) is 1. The fraction of sp³-hybridized carbons (Fsp3) is 0.192. The van der Waals surface area contributed by atoms with E-state index in [-0.39, 0.29) is 11.3 Å². The van der Waals surface area contributed by atoms with Crippen LogP contribution < -0.4 is 5.32 Å². The Labute approximate surface area is 200 Å². The normalized spacial score (nSPS) is 11.7. The van der Waals surface area contributed by atoms with Crippen molar-refractivity contribution in [3.8, 4) is 11.8 Å². The molecule has 0 saturated carbocycles. The van der Waals surface area contributed by atoms with E-state index < -0.39 is 23.6 Å². The summed E-state index contributed by atoms with van der Waals surface area (Å²) < 4.78 is 45.5. The zero-order valence-corrected chi connectivity index (χ0v) is 19.4.